The van der Waals surface area contributed by atoms with Crippen LogP contribution in [0.1, 0.15) is 30.7 Å². The third kappa shape index (κ3) is 5.47. The van der Waals surface area contributed by atoms with Gasteiger partial charge in [-0.15, -0.1) is 11.3 Å². The Morgan fingerprint density at radius 2 is 2.09 bits per heavy atom. The summed E-state index contributed by atoms with van der Waals surface area (Å²) in [5, 5.41) is 5.24. The van der Waals surface area contributed by atoms with Crippen molar-refractivity contribution in [3.63, 3.8) is 0 Å². The number of amides is 2. The minimum absolute atomic E-state index is 0.00892. The number of hydrogen-bond acceptors (Lipinski definition) is 7. The van der Waals surface area contributed by atoms with Crippen LogP contribution in [0.4, 0.5) is 5.13 Å². The summed E-state index contributed by atoms with van der Waals surface area (Å²) in [6, 6.07) is 15.5. The number of hydrogen-bond donors (Lipinski definition) is 1. The minimum atomic E-state index is -0.280. The fourth-order valence-corrected chi connectivity index (χ4v) is 5.11. The van der Waals surface area contributed by atoms with Gasteiger partial charge in [-0.25, -0.2) is 4.98 Å². The van der Waals surface area contributed by atoms with Crippen LogP contribution < -0.4 is 14.8 Å². The summed E-state index contributed by atoms with van der Waals surface area (Å²) in [5.74, 6) is 0.899. The molecule has 2 aromatic carbocycles. The SMILES string of the molecule is COc1ccc([C@@H]2CC(=O)N(CC(=O)Nc3nc(-c4ccccc4)cs3)C2)cc1OC1CCCO1. The van der Waals surface area contributed by atoms with Gasteiger partial charge in [-0.05, 0) is 24.1 Å². The van der Waals surface area contributed by atoms with E-state index in [4.69, 9.17) is 14.2 Å². The van der Waals surface area contributed by atoms with Crippen molar-refractivity contribution in [1.29, 1.82) is 0 Å². The molecule has 0 spiro atoms. The van der Waals surface area contributed by atoms with Crippen molar-refractivity contribution in [2.75, 3.05) is 32.1 Å². The average Bonchev–Trinajstić information content (AvgIpc) is 3.62. The molecule has 1 aromatic heterocycles. The van der Waals surface area contributed by atoms with Crippen molar-refractivity contribution in [2.45, 2.75) is 31.5 Å². The molecule has 2 amide bonds. The molecule has 0 saturated carbocycles. The molecule has 2 saturated heterocycles. The van der Waals surface area contributed by atoms with E-state index < -0.39 is 0 Å². The Labute approximate surface area is 207 Å². The summed E-state index contributed by atoms with van der Waals surface area (Å²) in [7, 11) is 1.60. The molecule has 2 aliphatic rings. The Hall–Kier alpha value is -3.43. The van der Waals surface area contributed by atoms with Crippen LogP contribution >= 0.6 is 11.3 Å². The Kier molecular flexibility index (Phi) is 6.96. The number of nitrogens with one attached hydrogen (secondary N) is 1. The monoisotopic (exact) mass is 493 g/mol. The average molecular weight is 494 g/mol. The van der Waals surface area contributed by atoms with E-state index in [1.165, 1.54) is 11.3 Å². The Bertz CT molecular complexity index is 1190. The highest BCUT2D eigenvalue weighted by molar-refractivity contribution is 7.14. The van der Waals surface area contributed by atoms with Crippen LogP contribution in [0, 0.1) is 0 Å². The molecule has 182 valence electrons. The third-order valence-corrected chi connectivity index (χ3v) is 6.93. The first kappa shape index (κ1) is 23.3. The fraction of sp³-hybridized carbons (Fsp3) is 0.346. The molecule has 3 aromatic rings. The fourth-order valence-electron chi connectivity index (χ4n) is 4.38. The summed E-state index contributed by atoms with van der Waals surface area (Å²) in [4.78, 5) is 31.4. The molecule has 8 nitrogen and oxygen atoms in total. The standard InChI is InChI=1S/C26H27N3O5S/c1-32-21-10-9-18(12-22(21)34-25-8-5-11-33-25)19-13-24(31)29(14-19)15-23(30)28-26-27-20(16-35-26)17-6-3-2-4-7-17/h2-4,6-7,9-10,12,16,19,25H,5,8,11,13-15H2,1H3,(H,27,28,30)/t19-,25?/m1/s1. The Morgan fingerprint density at radius 3 is 2.86 bits per heavy atom. The van der Waals surface area contributed by atoms with E-state index in [1.807, 2.05) is 53.9 Å². The molecule has 2 aliphatic heterocycles. The lowest BCUT2D eigenvalue weighted by molar-refractivity contribution is -0.131. The first-order chi connectivity index (χ1) is 17.1. The van der Waals surface area contributed by atoms with Gasteiger partial charge >= 0.3 is 0 Å². The Morgan fingerprint density at radius 1 is 1.23 bits per heavy atom. The number of thiazole rings is 1. The number of ether oxygens (including phenoxy) is 3. The molecule has 2 fully saturated rings. The smallest absolute Gasteiger partial charge is 0.245 e. The van der Waals surface area contributed by atoms with Gasteiger partial charge in [0, 0.05) is 36.2 Å². The molecule has 0 aliphatic carbocycles. The summed E-state index contributed by atoms with van der Waals surface area (Å²) in [5.41, 5.74) is 2.77. The van der Waals surface area contributed by atoms with Gasteiger partial charge in [0.15, 0.2) is 22.9 Å². The molecular formula is C26H27N3O5S. The molecule has 1 unspecified atom stereocenters. The topological polar surface area (TPSA) is 90.0 Å². The highest BCUT2D eigenvalue weighted by Gasteiger charge is 2.32. The molecule has 35 heavy (non-hydrogen) atoms. The van der Waals surface area contributed by atoms with Gasteiger partial charge in [-0.3, -0.25) is 9.59 Å². The van der Waals surface area contributed by atoms with Crippen molar-refractivity contribution >= 4 is 28.3 Å². The number of likely N-dealkylation sites (tertiary alicyclic amines) is 1. The molecular weight excluding hydrogens is 466 g/mol. The van der Waals surface area contributed by atoms with Gasteiger partial charge in [-0.1, -0.05) is 36.4 Å². The number of methoxy groups -OCH3 is 1. The van der Waals surface area contributed by atoms with Gasteiger partial charge in [0.2, 0.25) is 11.8 Å². The zero-order chi connectivity index (χ0) is 24.2. The third-order valence-electron chi connectivity index (χ3n) is 6.17. The Balaban J connectivity index is 1.20. The summed E-state index contributed by atoms with van der Waals surface area (Å²) >= 11 is 1.36. The lowest BCUT2D eigenvalue weighted by atomic mass is 9.98. The van der Waals surface area contributed by atoms with Crippen molar-refractivity contribution in [2.24, 2.45) is 0 Å². The van der Waals surface area contributed by atoms with Crippen LogP contribution in [0.25, 0.3) is 11.3 Å². The highest BCUT2D eigenvalue weighted by Crippen LogP contribution is 2.36. The van der Waals surface area contributed by atoms with E-state index >= 15 is 0 Å². The number of carbonyl (C=O) groups is 2. The van der Waals surface area contributed by atoms with Crippen molar-refractivity contribution in [3.05, 3.63) is 59.5 Å². The second kappa shape index (κ2) is 10.5. The quantitative estimate of drug-likeness (QED) is 0.504. The van der Waals surface area contributed by atoms with Gasteiger partial charge in [-0.2, -0.15) is 0 Å². The maximum atomic E-state index is 12.7. The van der Waals surface area contributed by atoms with Crippen LogP contribution in [-0.4, -0.2) is 54.8 Å². The van der Waals surface area contributed by atoms with Crippen molar-refractivity contribution in [1.82, 2.24) is 9.88 Å². The lowest BCUT2D eigenvalue weighted by Gasteiger charge is -2.19. The van der Waals surface area contributed by atoms with Crippen molar-refractivity contribution in [3.8, 4) is 22.8 Å². The number of nitrogens with zero attached hydrogens (tertiary/aromatic N) is 2. The van der Waals surface area contributed by atoms with Gasteiger partial charge in [0.1, 0.15) is 0 Å². The minimum Gasteiger partial charge on any atom is -0.493 e. The second-order valence-electron chi connectivity index (χ2n) is 8.60. The van der Waals surface area contributed by atoms with Crippen LogP contribution in [0.2, 0.25) is 0 Å². The molecule has 0 radical (unpaired) electrons. The molecule has 2 atom stereocenters. The predicted molar refractivity (Wildman–Crippen MR) is 133 cm³/mol. The van der Waals surface area contributed by atoms with Gasteiger partial charge in [0.05, 0.1) is 26.0 Å². The van der Waals surface area contributed by atoms with E-state index in [9.17, 15) is 9.59 Å². The molecule has 5 rings (SSSR count). The van der Waals surface area contributed by atoms with Crippen LogP contribution in [0.5, 0.6) is 11.5 Å². The van der Waals surface area contributed by atoms with E-state index in [1.54, 1.807) is 12.0 Å². The maximum Gasteiger partial charge on any atom is 0.245 e. The lowest BCUT2D eigenvalue weighted by Crippen LogP contribution is -2.34. The molecule has 1 N–H and O–H groups in total. The van der Waals surface area contributed by atoms with E-state index in [2.05, 4.69) is 10.3 Å². The van der Waals surface area contributed by atoms with Crippen LogP contribution in [-0.2, 0) is 14.3 Å². The van der Waals surface area contributed by atoms with Crippen LogP contribution in [0.3, 0.4) is 0 Å². The second-order valence-corrected chi connectivity index (χ2v) is 9.46. The van der Waals surface area contributed by atoms with Gasteiger partial charge in [0.25, 0.3) is 0 Å². The maximum absolute atomic E-state index is 12.7. The van der Waals surface area contributed by atoms with Gasteiger partial charge < -0.3 is 24.4 Å². The number of rotatable bonds is 8. The predicted octanol–water partition coefficient (Wildman–Crippen LogP) is 4.29. The summed E-state index contributed by atoms with van der Waals surface area (Å²) < 4.78 is 17.0. The van der Waals surface area contributed by atoms with Crippen LogP contribution in [0.15, 0.2) is 53.9 Å². The zero-order valence-electron chi connectivity index (χ0n) is 19.4. The number of aromatic nitrogens is 1. The molecule has 3 heterocycles. The zero-order valence-corrected chi connectivity index (χ0v) is 20.3. The number of carbonyl (C=O) groups excluding carboxylic acids is 2. The summed E-state index contributed by atoms with van der Waals surface area (Å²) in [6.07, 6.45) is 1.87. The first-order valence-electron chi connectivity index (χ1n) is 11.6. The summed E-state index contributed by atoms with van der Waals surface area (Å²) in [6.45, 7) is 1.14. The van der Waals surface area contributed by atoms with E-state index in [-0.39, 0.29) is 30.6 Å². The molecule has 9 heteroatoms. The van der Waals surface area contributed by atoms with E-state index in [0.717, 1.165) is 29.7 Å². The normalized spacial score (nSPS) is 19.7. The highest BCUT2D eigenvalue weighted by atomic mass is 32.1. The number of benzene rings is 2. The first-order valence-corrected chi connectivity index (χ1v) is 12.5. The molecule has 0 bridgehead atoms. The number of anilines is 1. The largest absolute Gasteiger partial charge is 0.493 e. The van der Waals surface area contributed by atoms with Crippen molar-refractivity contribution < 1.29 is 23.8 Å². The van der Waals surface area contributed by atoms with E-state index in [0.29, 0.717) is 36.2 Å².